The zero-order valence-electron chi connectivity index (χ0n) is 19.3. The van der Waals surface area contributed by atoms with Crippen molar-refractivity contribution < 1.29 is 14.3 Å². The van der Waals surface area contributed by atoms with Crippen LogP contribution in [0.3, 0.4) is 0 Å². The Balaban J connectivity index is 1.67. The Labute approximate surface area is 205 Å². The minimum absolute atomic E-state index is 0.0889. The van der Waals surface area contributed by atoms with E-state index in [-0.39, 0.29) is 16.3 Å². The van der Waals surface area contributed by atoms with E-state index in [1.807, 2.05) is 56.3 Å². The van der Waals surface area contributed by atoms with Gasteiger partial charge in [-0.3, -0.25) is 4.79 Å². The summed E-state index contributed by atoms with van der Waals surface area (Å²) in [7, 11) is 0. The number of carboxylic acids is 1. The largest absolute Gasteiger partial charge is 0.476 e. The molecule has 0 bridgehead atoms. The summed E-state index contributed by atoms with van der Waals surface area (Å²) in [6.45, 7) is 5.54. The van der Waals surface area contributed by atoms with Crippen molar-refractivity contribution in [1.82, 2.24) is 9.97 Å². The first-order valence-electron chi connectivity index (χ1n) is 11.1. The molecular weight excluding hydrogens is 466 g/mol. The molecular formula is C27H22ClN3O4. The van der Waals surface area contributed by atoms with Crippen molar-refractivity contribution in [3.05, 3.63) is 92.4 Å². The molecule has 0 spiro atoms. The molecule has 35 heavy (non-hydrogen) atoms. The maximum absolute atomic E-state index is 13.4. The fourth-order valence-electron chi connectivity index (χ4n) is 4.37. The van der Waals surface area contributed by atoms with E-state index < -0.39 is 12.0 Å². The summed E-state index contributed by atoms with van der Waals surface area (Å²) in [4.78, 5) is 32.4. The Morgan fingerprint density at radius 3 is 2.66 bits per heavy atom. The van der Waals surface area contributed by atoms with Gasteiger partial charge >= 0.3 is 5.97 Å². The molecule has 7 nitrogen and oxygen atoms in total. The van der Waals surface area contributed by atoms with Gasteiger partial charge in [-0.2, -0.15) is 0 Å². The van der Waals surface area contributed by atoms with Gasteiger partial charge in [0.1, 0.15) is 10.7 Å². The minimum Gasteiger partial charge on any atom is -0.476 e. The van der Waals surface area contributed by atoms with E-state index in [4.69, 9.17) is 16.0 Å². The number of para-hydroxylation sites is 1. The minimum atomic E-state index is -1.19. The molecule has 3 aromatic heterocycles. The number of rotatable bonds is 5. The second-order valence-electron chi connectivity index (χ2n) is 8.59. The summed E-state index contributed by atoms with van der Waals surface area (Å²) in [5, 5.41) is 14.3. The van der Waals surface area contributed by atoms with Crippen molar-refractivity contribution in [2.24, 2.45) is 0 Å². The van der Waals surface area contributed by atoms with E-state index in [2.05, 4.69) is 15.3 Å². The molecule has 0 fully saturated rings. The number of aromatic carboxylic acids is 1. The summed E-state index contributed by atoms with van der Waals surface area (Å²) in [5.74, 6) is -0.727. The van der Waals surface area contributed by atoms with E-state index >= 15 is 0 Å². The van der Waals surface area contributed by atoms with Crippen LogP contribution in [0.15, 0.2) is 63.8 Å². The van der Waals surface area contributed by atoms with Crippen LogP contribution < -0.4 is 10.7 Å². The predicted molar refractivity (Wildman–Crippen MR) is 137 cm³/mol. The Hall–Kier alpha value is -4.10. The van der Waals surface area contributed by atoms with E-state index in [0.717, 1.165) is 22.0 Å². The van der Waals surface area contributed by atoms with Crippen LogP contribution in [0.25, 0.3) is 33.3 Å². The zero-order chi connectivity index (χ0) is 24.9. The molecule has 0 radical (unpaired) electrons. The van der Waals surface area contributed by atoms with Crippen LogP contribution in [0.4, 0.5) is 5.69 Å². The van der Waals surface area contributed by atoms with Crippen LogP contribution in [-0.4, -0.2) is 21.0 Å². The average molecular weight is 488 g/mol. The van der Waals surface area contributed by atoms with Gasteiger partial charge in [0.2, 0.25) is 0 Å². The highest BCUT2D eigenvalue weighted by atomic mass is 35.5. The number of aromatic nitrogens is 2. The van der Waals surface area contributed by atoms with Gasteiger partial charge in [-0.1, -0.05) is 35.9 Å². The quantitative estimate of drug-likeness (QED) is 0.245. The number of carbonyl (C=O) groups is 1. The van der Waals surface area contributed by atoms with Gasteiger partial charge in [-0.25, -0.2) is 9.78 Å². The third-order valence-electron chi connectivity index (χ3n) is 6.07. The lowest BCUT2D eigenvalue weighted by Crippen LogP contribution is -2.14. The van der Waals surface area contributed by atoms with Crippen LogP contribution in [0.5, 0.6) is 0 Å². The SMILES string of the molecule is Cc1cc([C@@H](C)Nc2ccc(Cl)nc2C(=O)O)c2oc(-c3cc4ccccc4[nH]3)c(C)c(=O)c2c1. The molecule has 2 aromatic carbocycles. The lowest BCUT2D eigenvalue weighted by Gasteiger charge is -2.19. The smallest absolute Gasteiger partial charge is 0.356 e. The molecule has 176 valence electrons. The topological polar surface area (TPSA) is 108 Å². The van der Waals surface area contributed by atoms with Crippen molar-refractivity contribution >= 4 is 45.1 Å². The maximum Gasteiger partial charge on any atom is 0.356 e. The summed E-state index contributed by atoms with van der Waals surface area (Å²) in [6.07, 6.45) is 0. The van der Waals surface area contributed by atoms with E-state index in [0.29, 0.717) is 33.7 Å². The number of nitrogens with zero attached hydrogens (tertiary/aromatic N) is 1. The van der Waals surface area contributed by atoms with Gasteiger partial charge in [-0.15, -0.1) is 0 Å². The fourth-order valence-corrected chi connectivity index (χ4v) is 4.52. The second kappa shape index (κ2) is 8.60. The van der Waals surface area contributed by atoms with Gasteiger partial charge in [0.15, 0.2) is 16.9 Å². The Morgan fingerprint density at radius 2 is 1.91 bits per heavy atom. The highest BCUT2D eigenvalue weighted by Crippen LogP contribution is 2.33. The van der Waals surface area contributed by atoms with Gasteiger partial charge in [0, 0.05) is 22.0 Å². The first-order chi connectivity index (χ1) is 16.7. The van der Waals surface area contributed by atoms with Crippen molar-refractivity contribution in [2.45, 2.75) is 26.8 Å². The number of H-pyrrole nitrogens is 1. The van der Waals surface area contributed by atoms with Crippen molar-refractivity contribution in [1.29, 1.82) is 0 Å². The standard InChI is InChI=1S/C27H22ClN3O4/c1-13-10-17(15(3)29-20-8-9-22(28)31-23(20)27(33)34)26-18(11-13)24(32)14(2)25(35-26)21-12-16-6-4-5-7-19(16)30-21/h4-12,15,29-30H,1-3H3,(H,33,34)/t15-/m1/s1. The highest BCUT2D eigenvalue weighted by molar-refractivity contribution is 6.29. The monoisotopic (exact) mass is 487 g/mol. The second-order valence-corrected chi connectivity index (χ2v) is 8.97. The third-order valence-corrected chi connectivity index (χ3v) is 6.28. The molecule has 0 saturated heterocycles. The number of carboxylic acid groups (broad SMARTS) is 1. The number of hydrogen-bond acceptors (Lipinski definition) is 5. The van der Waals surface area contributed by atoms with Crippen LogP contribution in [-0.2, 0) is 0 Å². The van der Waals surface area contributed by atoms with Crippen LogP contribution in [0.1, 0.15) is 40.1 Å². The zero-order valence-corrected chi connectivity index (χ0v) is 20.0. The van der Waals surface area contributed by atoms with Crippen molar-refractivity contribution in [2.75, 3.05) is 5.32 Å². The molecule has 0 saturated carbocycles. The van der Waals surface area contributed by atoms with Crippen molar-refractivity contribution in [3.8, 4) is 11.5 Å². The first kappa shape index (κ1) is 22.7. The summed E-state index contributed by atoms with van der Waals surface area (Å²) < 4.78 is 6.41. The van der Waals surface area contributed by atoms with Gasteiger partial charge in [0.25, 0.3) is 0 Å². The predicted octanol–water partition coefficient (Wildman–Crippen LogP) is 6.48. The van der Waals surface area contributed by atoms with E-state index in [1.54, 1.807) is 13.0 Å². The number of hydrogen-bond donors (Lipinski definition) is 3. The summed E-state index contributed by atoms with van der Waals surface area (Å²) in [6, 6.07) is 16.2. The molecule has 5 aromatic rings. The summed E-state index contributed by atoms with van der Waals surface area (Å²) >= 11 is 5.90. The molecule has 1 atom stereocenters. The lowest BCUT2D eigenvalue weighted by molar-refractivity contribution is 0.0691. The molecule has 3 heterocycles. The number of benzene rings is 2. The normalized spacial score (nSPS) is 12.2. The first-order valence-corrected chi connectivity index (χ1v) is 11.4. The van der Waals surface area contributed by atoms with Gasteiger partial charge in [0.05, 0.1) is 22.8 Å². The average Bonchev–Trinajstić information content (AvgIpc) is 3.26. The molecule has 0 amide bonds. The van der Waals surface area contributed by atoms with Crippen LogP contribution in [0.2, 0.25) is 5.15 Å². The number of halogens is 1. The number of anilines is 1. The number of aromatic amines is 1. The van der Waals surface area contributed by atoms with Gasteiger partial charge < -0.3 is 19.8 Å². The Bertz CT molecular complexity index is 1650. The number of aryl methyl sites for hydroxylation is 1. The van der Waals surface area contributed by atoms with Crippen molar-refractivity contribution in [3.63, 3.8) is 0 Å². The molecule has 0 unspecified atom stereocenters. The molecule has 5 rings (SSSR count). The molecule has 0 aliphatic carbocycles. The molecule has 0 aliphatic heterocycles. The van der Waals surface area contributed by atoms with Crippen LogP contribution >= 0.6 is 11.6 Å². The molecule has 0 aliphatic rings. The lowest BCUT2D eigenvalue weighted by atomic mass is 9.99. The van der Waals surface area contributed by atoms with Gasteiger partial charge in [-0.05, 0) is 56.7 Å². The number of fused-ring (bicyclic) bond motifs is 2. The number of nitrogens with one attached hydrogen (secondary N) is 2. The fraction of sp³-hybridized carbons (Fsp3) is 0.148. The highest BCUT2D eigenvalue weighted by Gasteiger charge is 2.21. The Kier molecular flexibility index (Phi) is 5.57. The Morgan fingerprint density at radius 1 is 1.14 bits per heavy atom. The molecule has 8 heteroatoms. The van der Waals surface area contributed by atoms with Crippen LogP contribution in [0, 0.1) is 13.8 Å². The van der Waals surface area contributed by atoms with E-state index in [9.17, 15) is 14.7 Å². The summed E-state index contributed by atoms with van der Waals surface area (Å²) in [5.41, 5.74) is 4.24. The maximum atomic E-state index is 13.4. The molecule has 3 N–H and O–H groups in total. The number of pyridine rings is 1. The third kappa shape index (κ3) is 4.04. The van der Waals surface area contributed by atoms with E-state index in [1.165, 1.54) is 6.07 Å².